The molecule has 0 spiro atoms. The average Bonchev–Trinajstić information content (AvgIpc) is 3.01. The van der Waals surface area contributed by atoms with E-state index in [9.17, 15) is 4.79 Å². The van der Waals surface area contributed by atoms with Crippen molar-refractivity contribution in [2.75, 3.05) is 39.8 Å². The normalized spacial score (nSPS) is 17.7. The van der Waals surface area contributed by atoms with Crippen molar-refractivity contribution in [3.8, 4) is 0 Å². The fourth-order valence-corrected chi connectivity index (χ4v) is 4.20. The highest BCUT2D eigenvalue weighted by Gasteiger charge is 2.22. The fraction of sp³-hybridized carbons (Fsp3) is 0.652. The number of rotatable bonds is 8. The van der Waals surface area contributed by atoms with Crippen LogP contribution < -0.4 is 10.6 Å². The van der Waals surface area contributed by atoms with Gasteiger partial charge >= 0.3 is 0 Å². The van der Waals surface area contributed by atoms with Gasteiger partial charge in [-0.1, -0.05) is 37.1 Å². The predicted octanol–water partition coefficient (Wildman–Crippen LogP) is 2.74. The Labute approximate surface area is 175 Å². The molecule has 0 atom stereocenters. The lowest BCUT2D eigenvalue weighted by Gasteiger charge is -2.20. The van der Waals surface area contributed by atoms with Gasteiger partial charge in [-0.15, -0.1) is 0 Å². The molecule has 0 bridgehead atoms. The van der Waals surface area contributed by atoms with E-state index in [-0.39, 0.29) is 5.91 Å². The molecule has 2 aliphatic rings. The zero-order valence-electron chi connectivity index (χ0n) is 18.0. The summed E-state index contributed by atoms with van der Waals surface area (Å²) in [5, 5.41) is 6.73. The Balaban J connectivity index is 1.25. The number of nitrogens with one attached hydrogen (secondary N) is 2. The summed E-state index contributed by atoms with van der Waals surface area (Å²) in [6.07, 6.45) is 8.00. The van der Waals surface area contributed by atoms with Crippen molar-refractivity contribution in [2.24, 2.45) is 4.99 Å². The largest absolute Gasteiger partial charge is 0.356 e. The lowest BCUT2D eigenvalue weighted by molar-refractivity contribution is -0.131. The second-order valence-electron chi connectivity index (χ2n) is 8.16. The molecule has 0 radical (unpaired) electrons. The Hall–Kier alpha value is -2.08. The number of carbonyl (C=O) groups is 1. The van der Waals surface area contributed by atoms with Crippen molar-refractivity contribution in [3.05, 3.63) is 35.4 Å². The van der Waals surface area contributed by atoms with Crippen LogP contribution in [-0.2, 0) is 17.9 Å². The van der Waals surface area contributed by atoms with Gasteiger partial charge in [0.2, 0.25) is 5.91 Å². The molecule has 6 heteroatoms. The third kappa shape index (κ3) is 7.03. The van der Waals surface area contributed by atoms with Crippen LogP contribution in [0, 0.1) is 0 Å². The van der Waals surface area contributed by atoms with Gasteiger partial charge in [0.05, 0.1) is 0 Å². The zero-order chi connectivity index (χ0) is 20.3. The monoisotopic (exact) mass is 399 g/mol. The Morgan fingerprint density at radius 2 is 1.59 bits per heavy atom. The molecule has 2 N–H and O–H groups in total. The summed E-state index contributed by atoms with van der Waals surface area (Å²) in [5.41, 5.74) is 2.56. The maximum Gasteiger partial charge on any atom is 0.223 e. The molecule has 1 amide bonds. The van der Waals surface area contributed by atoms with Crippen LogP contribution in [0.1, 0.15) is 56.1 Å². The molecule has 1 fully saturated rings. The molecule has 2 aliphatic heterocycles. The van der Waals surface area contributed by atoms with Gasteiger partial charge in [-0.3, -0.25) is 9.79 Å². The summed E-state index contributed by atoms with van der Waals surface area (Å²) in [5.74, 6) is 1.07. The summed E-state index contributed by atoms with van der Waals surface area (Å²) in [4.78, 5) is 21.3. The van der Waals surface area contributed by atoms with E-state index in [0.29, 0.717) is 6.42 Å². The lowest BCUT2D eigenvalue weighted by Crippen LogP contribution is -2.39. The van der Waals surface area contributed by atoms with E-state index < -0.39 is 0 Å². The van der Waals surface area contributed by atoms with E-state index >= 15 is 0 Å². The van der Waals surface area contributed by atoms with E-state index in [4.69, 9.17) is 0 Å². The minimum absolute atomic E-state index is 0.239. The van der Waals surface area contributed by atoms with Crippen LogP contribution in [-0.4, -0.2) is 61.4 Å². The molecular weight excluding hydrogens is 362 g/mol. The number of nitrogens with zero attached hydrogens (tertiary/aromatic N) is 3. The molecular formula is C23H37N5O. The van der Waals surface area contributed by atoms with E-state index in [1.54, 1.807) is 7.05 Å². The van der Waals surface area contributed by atoms with Crippen molar-refractivity contribution in [3.63, 3.8) is 0 Å². The Morgan fingerprint density at radius 3 is 2.21 bits per heavy atom. The van der Waals surface area contributed by atoms with Crippen LogP contribution in [0.5, 0.6) is 0 Å². The summed E-state index contributed by atoms with van der Waals surface area (Å²) in [7, 11) is 1.80. The second kappa shape index (κ2) is 11.8. The topological polar surface area (TPSA) is 60.0 Å². The molecule has 160 valence electrons. The number of likely N-dealkylation sites (tertiary alicyclic amines) is 1. The Bertz CT molecular complexity index is 642. The Morgan fingerprint density at radius 1 is 0.966 bits per heavy atom. The molecule has 0 aromatic heterocycles. The number of fused-ring (bicyclic) bond motifs is 1. The third-order valence-corrected chi connectivity index (χ3v) is 5.92. The van der Waals surface area contributed by atoms with Crippen molar-refractivity contribution in [1.29, 1.82) is 0 Å². The highest BCUT2D eigenvalue weighted by molar-refractivity contribution is 5.80. The highest BCUT2D eigenvalue weighted by atomic mass is 16.2. The summed E-state index contributed by atoms with van der Waals surface area (Å²) in [6.45, 7) is 6.87. The van der Waals surface area contributed by atoms with Crippen LogP contribution in [0.25, 0.3) is 0 Å². The van der Waals surface area contributed by atoms with Crippen LogP contribution >= 0.6 is 0 Å². The molecule has 0 aliphatic carbocycles. The van der Waals surface area contributed by atoms with E-state index in [0.717, 1.165) is 51.5 Å². The lowest BCUT2D eigenvalue weighted by atomic mass is 10.1. The minimum atomic E-state index is 0.239. The summed E-state index contributed by atoms with van der Waals surface area (Å²) in [6, 6.07) is 8.33. The Kier molecular flexibility index (Phi) is 8.81. The zero-order valence-corrected chi connectivity index (χ0v) is 18.0. The molecule has 0 saturated carbocycles. The first-order chi connectivity index (χ1) is 14.3. The fourth-order valence-electron chi connectivity index (χ4n) is 4.20. The van der Waals surface area contributed by atoms with Crippen molar-refractivity contribution < 1.29 is 4.79 Å². The van der Waals surface area contributed by atoms with Gasteiger partial charge in [-0.25, -0.2) is 0 Å². The van der Waals surface area contributed by atoms with E-state index in [1.165, 1.54) is 49.9 Å². The van der Waals surface area contributed by atoms with Gasteiger partial charge in [0.1, 0.15) is 0 Å². The first-order valence-corrected chi connectivity index (χ1v) is 11.3. The molecule has 0 unspecified atom stereocenters. The second-order valence-corrected chi connectivity index (χ2v) is 8.16. The number of hydrogen-bond donors (Lipinski definition) is 2. The number of hydrogen-bond acceptors (Lipinski definition) is 3. The van der Waals surface area contributed by atoms with E-state index in [2.05, 4.69) is 32.7 Å². The molecule has 1 aromatic rings. The SMILES string of the molecule is CN=C(NCCCC(=O)N1Cc2ccccc2C1)NCCCN1CCCCCC1. The standard InChI is InChI=1S/C23H37N5O/c1-24-23(26-14-9-17-27-15-6-2-3-7-16-27)25-13-8-12-22(29)28-18-20-10-4-5-11-21(20)19-28/h4-5,10-11H,2-3,6-9,12-19H2,1H3,(H2,24,25,26). The number of guanidine groups is 1. The van der Waals surface area contributed by atoms with Gasteiger partial charge < -0.3 is 20.4 Å². The third-order valence-electron chi connectivity index (χ3n) is 5.92. The number of aliphatic imine (C=N–C) groups is 1. The van der Waals surface area contributed by atoms with Crippen LogP contribution in [0.4, 0.5) is 0 Å². The molecule has 29 heavy (non-hydrogen) atoms. The van der Waals surface area contributed by atoms with Gasteiger partial charge in [0, 0.05) is 39.6 Å². The summed E-state index contributed by atoms with van der Waals surface area (Å²) < 4.78 is 0. The predicted molar refractivity (Wildman–Crippen MR) is 119 cm³/mol. The molecule has 6 nitrogen and oxygen atoms in total. The number of benzene rings is 1. The minimum Gasteiger partial charge on any atom is -0.356 e. The molecule has 1 aromatic carbocycles. The molecule has 3 rings (SSSR count). The first kappa shape index (κ1) is 21.6. The van der Waals surface area contributed by atoms with E-state index in [1.807, 2.05) is 17.0 Å². The number of amides is 1. The van der Waals surface area contributed by atoms with Gasteiger partial charge in [-0.05, 0) is 56.4 Å². The van der Waals surface area contributed by atoms with Crippen LogP contribution in [0.3, 0.4) is 0 Å². The van der Waals surface area contributed by atoms with Crippen molar-refractivity contribution in [2.45, 2.75) is 58.0 Å². The van der Waals surface area contributed by atoms with Gasteiger partial charge in [0.25, 0.3) is 0 Å². The first-order valence-electron chi connectivity index (χ1n) is 11.3. The molecule has 2 heterocycles. The van der Waals surface area contributed by atoms with Crippen LogP contribution in [0.15, 0.2) is 29.3 Å². The van der Waals surface area contributed by atoms with Crippen LogP contribution in [0.2, 0.25) is 0 Å². The smallest absolute Gasteiger partial charge is 0.223 e. The average molecular weight is 400 g/mol. The maximum atomic E-state index is 12.5. The maximum absolute atomic E-state index is 12.5. The van der Waals surface area contributed by atoms with Gasteiger partial charge in [0.15, 0.2) is 5.96 Å². The highest BCUT2D eigenvalue weighted by Crippen LogP contribution is 2.22. The van der Waals surface area contributed by atoms with Crippen molar-refractivity contribution >= 4 is 11.9 Å². The van der Waals surface area contributed by atoms with Crippen molar-refractivity contribution in [1.82, 2.24) is 20.4 Å². The van der Waals surface area contributed by atoms with Gasteiger partial charge in [-0.2, -0.15) is 0 Å². The summed E-state index contributed by atoms with van der Waals surface area (Å²) >= 11 is 0. The quantitative estimate of drug-likeness (QED) is 0.401. The number of carbonyl (C=O) groups excluding carboxylic acids is 1. The molecule has 1 saturated heterocycles.